The van der Waals surface area contributed by atoms with Gasteiger partial charge >= 0.3 is 8.80 Å². The molecule has 0 amide bonds. The van der Waals surface area contributed by atoms with Crippen LogP contribution in [-0.2, 0) is 18.1 Å². The number of hydrogen-bond acceptors (Lipinski definition) is 5. The summed E-state index contributed by atoms with van der Waals surface area (Å²) in [6.07, 6.45) is 13.0. The molecule has 0 radical (unpaired) electrons. The number of unbranched alkanes of at least 4 members (excludes halogenated alkanes) is 8. The lowest BCUT2D eigenvalue weighted by Crippen LogP contribution is -2.47. The van der Waals surface area contributed by atoms with Gasteiger partial charge in [-0.2, -0.15) is 0 Å². The van der Waals surface area contributed by atoms with Crippen molar-refractivity contribution in [1.29, 1.82) is 0 Å². The second-order valence-corrected chi connectivity index (χ2v) is 11.4. The molecule has 0 unspecified atom stereocenters. The second-order valence-electron chi connectivity index (χ2n) is 8.64. The molecule has 0 heterocycles. The standard InChI is InChI=1S/C23H51NO4Si/c1-7-11-12-13-14-15-16-17-18-20-25-24-22-23(5,6)19-21-29(26-8-2,27-9-3)28-10-4/h24H,7-22H2,1-6H3. The van der Waals surface area contributed by atoms with Crippen LogP contribution in [0.5, 0.6) is 0 Å². The Hall–Kier alpha value is 0.0169. The predicted octanol–water partition coefficient (Wildman–Crippen LogP) is 6.50. The molecule has 176 valence electrons. The molecule has 6 heteroatoms. The van der Waals surface area contributed by atoms with Crippen LogP contribution in [0.25, 0.3) is 0 Å². The van der Waals surface area contributed by atoms with Gasteiger partial charge < -0.3 is 18.1 Å². The summed E-state index contributed by atoms with van der Waals surface area (Å²) in [4.78, 5) is 5.67. The van der Waals surface area contributed by atoms with Gasteiger partial charge in [0, 0.05) is 32.4 Å². The summed E-state index contributed by atoms with van der Waals surface area (Å²) in [7, 11) is -2.56. The fraction of sp³-hybridized carbons (Fsp3) is 1.00. The number of hydrogen-bond donors (Lipinski definition) is 1. The molecule has 0 saturated heterocycles. The Balaban J connectivity index is 3.88. The molecule has 0 spiro atoms. The maximum Gasteiger partial charge on any atom is 0.500 e. The highest BCUT2D eigenvalue weighted by molar-refractivity contribution is 6.60. The van der Waals surface area contributed by atoms with Crippen molar-refractivity contribution in [2.75, 3.05) is 33.0 Å². The van der Waals surface area contributed by atoms with E-state index in [9.17, 15) is 0 Å². The molecule has 0 aromatic rings. The molecule has 0 aromatic heterocycles. The van der Waals surface area contributed by atoms with Crippen molar-refractivity contribution in [2.45, 2.75) is 112 Å². The van der Waals surface area contributed by atoms with Crippen LogP contribution in [0.15, 0.2) is 0 Å². The lowest BCUT2D eigenvalue weighted by molar-refractivity contribution is 0.0162. The highest BCUT2D eigenvalue weighted by Crippen LogP contribution is 2.28. The van der Waals surface area contributed by atoms with Gasteiger partial charge in [0.15, 0.2) is 0 Å². The molecule has 0 aliphatic carbocycles. The van der Waals surface area contributed by atoms with Crippen molar-refractivity contribution < 1.29 is 18.1 Å². The zero-order chi connectivity index (χ0) is 21.8. The summed E-state index contributed by atoms with van der Waals surface area (Å²) >= 11 is 0. The van der Waals surface area contributed by atoms with Gasteiger partial charge in [-0.15, -0.1) is 0 Å². The average molecular weight is 434 g/mol. The lowest BCUT2D eigenvalue weighted by atomic mass is 9.91. The third-order valence-corrected chi connectivity index (χ3v) is 8.25. The van der Waals surface area contributed by atoms with Gasteiger partial charge in [-0.3, -0.25) is 0 Å². The topological polar surface area (TPSA) is 49.0 Å². The number of rotatable bonds is 22. The minimum atomic E-state index is -2.56. The molecule has 0 aliphatic rings. The number of hydroxylamine groups is 1. The average Bonchev–Trinajstić information content (AvgIpc) is 2.68. The fourth-order valence-electron chi connectivity index (χ4n) is 3.38. The van der Waals surface area contributed by atoms with E-state index >= 15 is 0 Å². The van der Waals surface area contributed by atoms with Gasteiger partial charge in [-0.1, -0.05) is 72.1 Å². The van der Waals surface area contributed by atoms with E-state index in [1.165, 1.54) is 51.4 Å². The minimum Gasteiger partial charge on any atom is -0.374 e. The molecular weight excluding hydrogens is 382 g/mol. The summed E-state index contributed by atoms with van der Waals surface area (Å²) < 4.78 is 17.9. The number of nitrogens with one attached hydrogen (secondary N) is 1. The Labute approximate surface area is 182 Å². The van der Waals surface area contributed by atoms with Crippen molar-refractivity contribution in [3.63, 3.8) is 0 Å². The van der Waals surface area contributed by atoms with Gasteiger partial charge in [0.2, 0.25) is 0 Å². The minimum absolute atomic E-state index is 0.0992. The van der Waals surface area contributed by atoms with Crippen LogP contribution in [-0.4, -0.2) is 41.8 Å². The van der Waals surface area contributed by atoms with E-state index in [1.807, 2.05) is 20.8 Å². The van der Waals surface area contributed by atoms with E-state index < -0.39 is 8.80 Å². The molecule has 29 heavy (non-hydrogen) atoms. The summed E-state index contributed by atoms with van der Waals surface area (Å²) in [6, 6.07) is 0.843. The summed E-state index contributed by atoms with van der Waals surface area (Å²) in [6.45, 7) is 16.3. The van der Waals surface area contributed by atoms with Crippen LogP contribution in [0.2, 0.25) is 6.04 Å². The molecular formula is C23H51NO4Si. The Bertz CT molecular complexity index is 339. The van der Waals surface area contributed by atoms with Crippen LogP contribution in [0, 0.1) is 5.41 Å². The maximum absolute atomic E-state index is 5.97. The Morgan fingerprint density at radius 1 is 0.690 bits per heavy atom. The summed E-state index contributed by atoms with van der Waals surface area (Å²) in [5.41, 5.74) is 3.28. The van der Waals surface area contributed by atoms with Crippen LogP contribution in [0.4, 0.5) is 0 Å². The van der Waals surface area contributed by atoms with Gasteiger partial charge in [0.05, 0.1) is 6.61 Å². The molecule has 0 saturated carbocycles. The fourth-order valence-corrected chi connectivity index (χ4v) is 6.37. The van der Waals surface area contributed by atoms with Crippen LogP contribution >= 0.6 is 0 Å². The molecule has 0 aliphatic heterocycles. The quantitative estimate of drug-likeness (QED) is 0.120. The normalized spacial score (nSPS) is 12.6. The highest BCUT2D eigenvalue weighted by Gasteiger charge is 2.41. The Morgan fingerprint density at radius 3 is 1.66 bits per heavy atom. The van der Waals surface area contributed by atoms with E-state index in [4.69, 9.17) is 18.1 Å². The maximum atomic E-state index is 5.97. The van der Waals surface area contributed by atoms with Crippen molar-refractivity contribution >= 4 is 8.80 Å². The van der Waals surface area contributed by atoms with E-state index in [0.717, 1.165) is 32.0 Å². The van der Waals surface area contributed by atoms with Crippen LogP contribution < -0.4 is 5.48 Å². The molecule has 5 nitrogen and oxygen atoms in total. The van der Waals surface area contributed by atoms with Crippen LogP contribution in [0.3, 0.4) is 0 Å². The van der Waals surface area contributed by atoms with E-state index in [2.05, 4.69) is 26.3 Å². The molecule has 0 fully saturated rings. The first-order valence-electron chi connectivity index (χ1n) is 12.2. The summed E-state index contributed by atoms with van der Waals surface area (Å²) in [5, 5.41) is 0. The van der Waals surface area contributed by atoms with E-state index in [-0.39, 0.29) is 5.41 Å². The largest absolute Gasteiger partial charge is 0.500 e. The third kappa shape index (κ3) is 16.4. The van der Waals surface area contributed by atoms with Gasteiger partial charge in [0.1, 0.15) is 0 Å². The van der Waals surface area contributed by atoms with E-state index in [0.29, 0.717) is 19.8 Å². The van der Waals surface area contributed by atoms with Crippen molar-refractivity contribution in [1.82, 2.24) is 5.48 Å². The van der Waals surface area contributed by atoms with Crippen molar-refractivity contribution in [2.24, 2.45) is 5.41 Å². The van der Waals surface area contributed by atoms with Gasteiger partial charge in [-0.25, -0.2) is 5.48 Å². The van der Waals surface area contributed by atoms with Crippen LogP contribution in [0.1, 0.15) is 106 Å². The van der Waals surface area contributed by atoms with Gasteiger partial charge in [0.25, 0.3) is 0 Å². The van der Waals surface area contributed by atoms with Gasteiger partial charge in [-0.05, 0) is 39.0 Å². The SMILES string of the molecule is CCCCCCCCCCCONCC(C)(C)CC[Si](OCC)(OCC)OCC. The first kappa shape index (κ1) is 29.0. The first-order valence-corrected chi connectivity index (χ1v) is 14.1. The zero-order valence-electron chi connectivity index (χ0n) is 20.4. The van der Waals surface area contributed by atoms with E-state index in [1.54, 1.807) is 0 Å². The predicted molar refractivity (Wildman–Crippen MR) is 125 cm³/mol. The Kier molecular flexibility index (Phi) is 18.8. The molecule has 0 rings (SSSR count). The monoisotopic (exact) mass is 433 g/mol. The molecule has 0 aromatic carbocycles. The van der Waals surface area contributed by atoms with Crippen molar-refractivity contribution in [3.05, 3.63) is 0 Å². The third-order valence-electron chi connectivity index (χ3n) is 5.20. The molecule has 0 bridgehead atoms. The zero-order valence-corrected chi connectivity index (χ0v) is 21.4. The smallest absolute Gasteiger partial charge is 0.374 e. The van der Waals surface area contributed by atoms with Crippen molar-refractivity contribution in [3.8, 4) is 0 Å². The highest BCUT2D eigenvalue weighted by atomic mass is 28.4. The Morgan fingerprint density at radius 2 is 1.17 bits per heavy atom. The second kappa shape index (κ2) is 18.8. The molecule has 1 N–H and O–H groups in total. The first-order chi connectivity index (χ1) is 13.9. The molecule has 0 atom stereocenters. The summed E-state index contributed by atoms with van der Waals surface area (Å²) in [5.74, 6) is 0. The lowest BCUT2D eigenvalue weighted by Gasteiger charge is -2.32.